The number of unbranched alkanes of at least 4 members (excludes halogenated alkanes) is 28. The predicted octanol–water partition coefficient (Wildman–Crippen LogP) is 18.1. The fourth-order valence-corrected chi connectivity index (χ4v) is 11.3. The number of hydrogen-bond donors (Lipinski definition) is 3. The lowest BCUT2D eigenvalue weighted by molar-refractivity contribution is -0.161. The minimum atomic E-state index is -4.95. The lowest BCUT2D eigenvalue weighted by Gasteiger charge is -2.21. The van der Waals surface area contributed by atoms with Gasteiger partial charge < -0.3 is 33.8 Å². The highest BCUT2D eigenvalue weighted by Gasteiger charge is 2.30. The van der Waals surface area contributed by atoms with Crippen LogP contribution in [0.4, 0.5) is 0 Å². The largest absolute Gasteiger partial charge is 0.472 e. The van der Waals surface area contributed by atoms with E-state index >= 15 is 0 Å². The van der Waals surface area contributed by atoms with E-state index in [0.717, 1.165) is 114 Å². The SMILES string of the molecule is CCC(C)CCCCCCCCC(=O)OC[C@H](COP(=O)(O)OC[C@H](O)COP(=O)(O)OC[C@@H](COC(=O)CCCCCCCCCCCC(C)C)OC(=O)CCCCCCCCC(C)C)OC(=O)CCCCCCCCCCCCCC(C)C. The number of esters is 4. The number of ether oxygens (including phenoxy) is 4. The van der Waals surface area contributed by atoms with Gasteiger partial charge in [-0.25, -0.2) is 9.13 Å². The van der Waals surface area contributed by atoms with Crippen molar-refractivity contribution in [2.24, 2.45) is 23.7 Å². The standard InChI is InChI=1S/C66H128O17P2/c1-9-59(8)45-37-29-23-25-31-39-47-64(69)77-53-61(82-65(70)48-40-32-21-16-12-10-11-14-18-26-34-42-56(2)3)54-80-84(72,73)78-50-60(67)51-79-85(74,75)81-55-62(83-66(71)49-41-33-24-22-28-36-44-58(6)7)52-76-63(68)46-38-30-20-17-13-15-19-27-35-43-57(4)5/h56-62,67H,9-55H2,1-8H3,(H,72,73)(H,74,75)/t59?,60-,61+,62+/m0/s1. The maximum atomic E-state index is 13.0. The molecule has 0 rings (SSSR count). The highest BCUT2D eigenvalue weighted by Crippen LogP contribution is 2.45. The van der Waals surface area contributed by atoms with E-state index in [2.05, 4.69) is 55.4 Å². The van der Waals surface area contributed by atoms with Crippen molar-refractivity contribution in [1.29, 1.82) is 0 Å². The van der Waals surface area contributed by atoms with Crippen molar-refractivity contribution in [1.82, 2.24) is 0 Å². The van der Waals surface area contributed by atoms with Crippen LogP contribution in [0.3, 0.4) is 0 Å². The summed E-state index contributed by atoms with van der Waals surface area (Å²) in [7, 11) is -9.89. The number of phosphoric acid groups is 2. The first-order valence-electron chi connectivity index (χ1n) is 34.2. The number of aliphatic hydroxyl groups excluding tert-OH is 1. The quantitative estimate of drug-likeness (QED) is 0.0222. The van der Waals surface area contributed by atoms with Crippen molar-refractivity contribution in [3.05, 3.63) is 0 Å². The maximum absolute atomic E-state index is 13.0. The van der Waals surface area contributed by atoms with Crippen LogP contribution in [0.1, 0.15) is 319 Å². The maximum Gasteiger partial charge on any atom is 0.472 e. The number of hydrogen-bond acceptors (Lipinski definition) is 15. The molecule has 6 atom stereocenters. The molecule has 0 fully saturated rings. The normalized spacial score (nSPS) is 14.7. The lowest BCUT2D eigenvalue weighted by Crippen LogP contribution is -2.30. The van der Waals surface area contributed by atoms with Crippen LogP contribution in [0.5, 0.6) is 0 Å². The molecule has 0 saturated heterocycles. The van der Waals surface area contributed by atoms with Gasteiger partial charge >= 0.3 is 39.5 Å². The van der Waals surface area contributed by atoms with Crippen LogP contribution < -0.4 is 0 Å². The van der Waals surface area contributed by atoms with Crippen molar-refractivity contribution < 1.29 is 80.2 Å². The van der Waals surface area contributed by atoms with Gasteiger partial charge in [-0.05, 0) is 49.4 Å². The zero-order chi connectivity index (χ0) is 63.2. The first-order chi connectivity index (χ1) is 40.6. The molecule has 0 aromatic heterocycles. The molecule has 0 spiro atoms. The third kappa shape index (κ3) is 59.5. The molecule has 3 N–H and O–H groups in total. The Balaban J connectivity index is 5.24. The molecule has 0 aromatic rings. The molecular formula is C66H128O17P2. The van der Waals surface area contributed by atoms with Gasteiger partial charge in [-0.2, -0.15) is 0 Å². The molecule has 0 aliphatic rings. The van der Waals surface area contributed by atoms with Crippen LogP contribution in [0.2, 0.25) is 0 Å². The van der Waals surface area contributed by atoms with E-state index in [0.29, 0.717) is 31.6 Å². The fraction of sp³-hybridized carbons (Fsp3) is 0.939. The second-order valence-corrected chi connectivity index (χ2v) is 28.4. The van der Waals surface area contributed by atoms with Crippen LogP contribution >= 0.6 is 15.6 Å². The number of carbonyl (C=O) groups excluding carboxylic acids is 4. The number of phosphoric ester groups is 2. The van der Waals surface area contributed by atoms with E-state index in [-0.39, 0.29) is 25.7 Å². The summed E-state index contributed by atoms with van der Waals surface area (Å²) in [5.74, 6) is 0.769. The molecule has 0 saturated carbocycles. The molecule has 0 amide bonds. The van der Waals surface area contributed by atoms with Gasteiger partial charge in [-0.3, -0.25) is 37.3 Å². The lowest BCUT2D eigenvalue weighted by atomic mass is 10.00. The topological polar surface area (TPSA) is 237 Å². The molecule has 19 heteroatoms. The van der Waals surface area contributed by atoms with E-state index in [1.165, 1.54) is 116 Å². The summed E-state index contributed by atoms with van der Waals surface area (Å²) in [6.07, 6.45) is 36.4. The Morgan fingerprint density at radius 3 is 0.835 bits per heavy atom. The van der Waals surface area contributed by atoms with Gasteiger partial charge in [-0.15, -0.1) is 0 Å². The number of aliphatic hydroxyl groups is 1. The average Bonchev–Trinajstić information content (AvgIpc) is 3.55. The minimum absolute atomic E-state index is 0.101. The zero-order valence-electron chi connectivity index (χ0n) is 55.2. The van der Waals surface area contributed by atoms with E-state index < -0.39 is 97.5 Å². The van der Waals surface area contributed by atoms with E-state index in [1.807, 2.05) is 0 Å². The van der Waals surface area contributed by atoms with Crippen molar-refractivity contribution in [2.75, 3.05) is 39.6 Å². The van der Waals surface area contributed by atoms with E-state index in [1.54, 1.807) is 0 Å². The number of carbonyl (C=O) groups is 4. The Kier molecular flexibility index (Phi) is 54.8. The summed E-state index contributed by atoms with van der Waals surface area (Å²) < 4.78 is 68.1. The summed E-state index contributed by atoms with van der Waals surface area (Å²) in [4.78, 5) is 72.3. The van der Waals surface area contributed by atoms with Gasteiger partial charge in [0.15, 0.2) is 12.2 Å². The smallest absolute Gasteiger partial charge is 0.462 e. The summed E-state index contributed by atoms with van der Waals surface area (Å²) in [6, 6.07) is 0. The molecule has 0 heterocycles. The molecule has 504 valence electrons. The monoisotopic (exact) mass is 1250 g/mol. The Bertz CT molecular complexity index is 1700. The van der Waals surface area contributed by atoms with Crippen molar-refractivity contribution >= 4 is 39.5 Å². The zero-order valence-corrected chi connectivity index (χ0v) is 57.0. The van der Waals surface area contributed by atoms with E-state index in [4.69, 9.17) is 37.0 Å². The molecule has 0 aliphatic heterocycles. The highest BCUT2D eigenvalue weighted by atomic mass is 31.2. The first kappa shape index (κ1) is 83.1. The fourth-order valence-electron chi connectivity index (χ4n) is 9.75. The molecule has 17 nitrogen and oxygen atoms in total. The average molecular weight is 1260 g/mol. The third-order valence-electron chi connectivity index (χ3n) is 15.4. The molecule has 0 aliphatic carbocycles. The van der Waals surface area contributed by atoms with Crippen LogP contribution in [0.15, 0.2) is 0 Å². The highest BCUT2D eigenvalue weighted by molar-refractivity contribution is 7.47. The van der Waals surface area contributed by atoms with E-state index in [9.17, 15) is 43.2 Å². The molecular weight excluding hydrogens is 1130 g/mol. The van der Waals surface area contributed by atoms with Gasteiger partial charge in [0.05, 0.1) is 26.4 Å². The van der Waals surface area contributed by atoms with Gasteiger partial charge in [0.1, 0.15) is 19.3 Å². The second-order valence-electron chi connectivity index (χ2n) is 25.5. The van der Waals surface area contributed by atoms with Gasteiger partial charge in [0.25, 0.3) is 0 Å². The summed E-state index contributed by atoms with van der Waals surface area (Å²) in [6.45, 7) is 14.0. The van der Waals surface area contributed by atoms with Crippen molar-refractivity contribution in [3.8, 4) is 0 Å². The molecule has 85 heavy (non-hydrogen) atoms. The van der Waals surface area contributed by atoms with Crippen LogP contribution in [0.25, 0.3) is 0 Å². The van der Waals surface area contributed by atoms with Crippen LogP contribution in [-0.4, -0.2) is 96.7 Å². The van der Waals surface area contributed by atoms with Crippen molar-refractivity contribution in [3.63, 3.8) is 0 Å². The third-order valence-corrected chi connectivity index (χ3v) is 17.3. The second kappa shape index (κ2) is 56.1. The van der Waals surface area contributed by atoms with Crippen LogP contribution in [-0.2, 0) is 65.4 Å². The Labute approximate surface area is 517 Å². The minimum Gasteiger partial charge on any atom is -0.462 e. The Hall–Kier alpha value is -1.94. The summed E-state index contributed by atoms with van der Waals surface area (Å²) in [5, 5.41) is 10.5. The molecule has 0 bridgehead atoms. The molecule has 0 radical (unpaired) electrons. The van der Waals surface area contributed by atoms with Gasteiger partial charge in [0.2, 0.25) is 0 Å². The van der Waals surface area contributed by atoms with Gasteiger partial charge in [-0.1, -0.05) is 267 Å². The summed E-state index contributed by atoms with van der Waals surface area (Å²) in [5.41, 5.74) is 0. The molecule has 0 aromatic carbocycles. The van der Waals surface area contributed by atoms with Crippen molar-refractivity contribution in [2.45, 2.75) is 337 Å². The van der Waals surface area contributed by atoms with Gasteiger partial charge in [0, 0.05) is 25.7 Å². The predicted molar refractivity (Wildman–Crippen MR) is 340 cm³/mol. The Morgan fingerprint density at radius 2 is 0.565 bits per heavy atom. The number of rotatable bonds is 63. The first-order valence-corrected chi connectivity index (χ1v) is 37.2. The Morgan fingerprint density at radius 1 is 0.329 bits per heavy atom. The molecule has 3 unspecified atom stereocenters. The summed E-state index contributed by atoms with van der Waals surface area (Å²) >= 11 is 0. The van der Waals surface area contributed by atoms with Crippen LogP contribution in [0, 0.1) is 23.7 Å².